The van der Waals surface area contributed by atoms with E-state index in [-0.39, 0.29) is 0 Å². The second-order valence-corrected chi connectivity index (χ2v) is 6.44. The largest absolute Gasteiger partial charge is 0.313 e. The van der Waals surface area contributed by atoms with Crippen molar-refractivity contribution in [1.29, 1.82) is 0 Å². The third-order valence-corrected chi connectivity index (χ3v) is 5.08. The molecule has 1 N–H and O–H groups in total. The molecule has 0 amide bonds. The molecule has 2 bridgehead atoms. The Morgan fingerprint density at radius 2 is 2.05 bits per heavy atom. The summed E-state index contributed by atoms with van der Waals surface area (Å²) in [5.74, 6) is 1.66. The van der Waals surface area contributed by atoms with Gasteiger partial charge in [0.2, 0.25) is 0 Å². The van der Waals surface area contributed by atoms with E-state index in [1.165, 1.54) is 37.9 Å². The molecule has 1 aromatic rings. The Labute approximate surface area is 117 Å². The first kappa shape index (κ1) is 13.1. The molecule has 2 nitrogen and oxygen atoms in total. The van der Waals surface area contributed by atoms with Crippen molar-refractivity contribution in [1.82, 2.24) is 10.2 Å². The van der Waals surface area contributed by atoms with Crippen LogP contribution in [0.15, 0.2) is 30.3 Å². The Kier molecular flexibility index (Phi) is 3.90. The van der Waals surface area contributed by atoms with E-state index < -0.39 is 0 Å². The SMILES string of the molecule is CNC(c1ccccc1)C(C)CN1CC2CCC1C2. The molecule has 0 radical (unpaired) electrons. The molecule has 4 unspecified atom stereocenters. The second kappa shape index (κ2) is 5.64. The fourth-order valence-corrected chi connectivity index (χ4v) is 4.17. The highest BCUT2D eigenvalue weighted by molar-refractivity contribution is 5.19. The molecular weight excluding hydrogens is 232 g/mol. The standard InChI is InChI=1S/C17H26N2/c1-13(11-19-12-14-8-9-16(19)10-14)17(18-2)15-6-4-3-5-7-15/h3-7,13-14,16-18H,8-12H2,1-2H3. The molecule has 1 saturated carbocycles. The highest BCUT2D eigenvalue weighted by Crippen LogP contribution is 2.38. The van der Waals surface area contributed by atoms with Gasteiger partial charge in [0.15, 0.2) is 0 Å². The molecule has 0 aromatic heterocycles. The molecule has 3 rings (SSSR count). The van der Waals surface area contributed by atoms with E-state index in [1.54, 1.807) is 0 Å². The van der Waals surface area contributed by atoms with Gasteiger partial charge in [-0.05, 0) is 43.7 Å². The minimum atomic E-state index is 0.473. The average Bonchev–Trinajstić information content (AvgIpc) is 3.03. The van der Waals surface area contributed by atoms with Crippen LogP contribution in [-0.2, 0) is 0 Å². The molecule has 1 aromatic carbocycles. The Morgan fingerprint density at radius 3 is 2.63 bits per heavy atom. The molecule has 2 fully saturated rings. The van der Waals surface area contributed by atoms with Gasteiger partial charge in [0, 0.05) is 25.2 Å². The second-order valence-electron chi connectivity index (χ2n) is 6.44. The number of benzene rings is 1. The highest BCUT2D eigenvalue weighted by Gasteiger charge is 2.38. The fourth-order valence-electron chi connectivity index (χ4n) is 4.17. The van der Waals surface area contributed by atoms with Crippen LogP contribution in [-0.4, -0.2) is 31.1 Å². The van der Waals surface area contributed by atoms with Gasteiger partial charge in [-0.15, -0.1) is 0 Å². The van der Waals surface area contributed by atoms with E-state index in [2.05, 4.69) is 54.5 Å². The summed E-state index contributed by atoms with van der Waals surface area (Å²) in [5.41, 5.74) is 1.42. The van der Waals surface area contributed by atoms with Crippen molar-refractivity contribution >= 4 is 0 Å². The zero-order valence-corrected chi connectivity index (χ0v) is 12.2. The maximum absolute atomic E-state index is 3.51. The predicted octanol–water partition coefficient (Wildman–Crippen LogP) is 3.07. The molecule has 4 atom stereocenters. The van der Waals surface area contributed by atoms with Gasteiger partial charge in [0.05, 0.1) is 0 Å². The van der Waals surface area contributed by atoms with Crippen LogP contribution in [0, 0.1) is 11.8 Å². The molecule has 1 aliphatic carbocycles. The van der Waals surface area contributed by atoms with Crippen LogP contribution in [0.2, 0.25) is 0 Å². The summed E-state index contributed by atoms with van der Waals surface area (Å²) in [6.45, 7) is 4.97. The normalized spacial score (nSPS) is 29.6. The van der Waals surface area contributed by atoms with Crippen molar-refractivity contribution in [3.63, 3.8) is 0 Å². The van der Waals surface area contributed by atoms with E-state index in [1.807, 2.05) is 0 Å². The van der Waals surface area contributed by atoms with Crippen LogP contribution in [0.3, 0.4) is 0 Å². The molecule has 1 heterocycles. The minimum Gasteiger partial charge on any atom is -0.313 e. The van der Waals surface area contributed by atoms with Gasteiger partial charge in [0.25, 0.3) is 0 Å². The van der Waals surface area contributed by atoms with Gasteiger partial charge in [-0.3, -0.25) is 4.90 Å². The molecule has 2 aliphatic rings. The average molecular weight is 258 g/mol. The van der Waals surface area contributed by atoms with E-state index in [0.717, 1.165) is 12.0 Å². The lowest BCUT2D eigenvalue weighted by atomic mass is 9.93. The highest BCUT2D eigenvalue weighted by atomic mass is 15.2. The first-order chi connectivity index (χ1) is 9.28. The number of hydrogen-bond acceptors (Lipinski definition) is 2. The van der Waals surface area contributed by atoms with Gasteiger partial charge >= 0.3 is 0 Å². The smallest absolute Gasteiger partial charge is 0.0355 e. The first-order valence-electron chi connectivity index (χ1n) is 7.74. The van der Waals surface area contributed by atoms with Crippen molar-refractivity contribution in [3.05, 3.63) is 35.9 Å². The van der Waals surface area contributed by atoms with Crippen LogP contribution in [0.25, 0.3) is 0 Å². The van der Waals surface area contributed by atoms with Crippen LogP contribution >= 0.6 is 0 Å². The van der Waals surface area contributed by atoms with Gasteiger partial charge < -0.3 is 5.32 Å². The molecule has 0 spiro atoms. The molecule has 2 heteroatoms. The molecular formula is C17H26N2. The molecule has 1 saturated heterocycles. The molecule has 104 valence electrons. The number of likely N-dealkylation sites (tertiary alicyclic amines) is 1. The Bertz CT molecular complexity index is 403. The van der Waals surface area contributed by atoms with E-state index in [0.29, 0.717) is 12.0 Å². The monoisotopic (exact) mass is 258 g/mol. The van der Waals surface area contributed by atoms with Crippen molar-refractivity contribution in [2.75, 3.05) is 20.1 Å². The number of fused-ring (bicyclic) bond motifs is 2. The Hall–Kier alpha value is -0.860. The van der Waals surface area contributed by atoms with Gasteiger partial charge in [-0.2, -0.15) is 0 Å². The summed E-state index contributed by atoms with van der Waals surface area (Å²) in [5, 5.41) is 3.51. The first-order valence-corrected chi connectivity index (χ1v) is 7.74. The summed E-state index contributed by atoms with van der Waals surface area (Å²) in [6.07, 6.45) is 4.37. The van der Waals surface area contributed by atoms with Gasteiger partial charge in [0.1, 0.15) is 0 Å². The van der Waals surface area contributed by atoms with Crippen LogP contribution in [0.4, 0.5) is 0 Å². The number of piperidine rings is 1. The molecule has 19 heavy (non-hydrogen) atoms. The lowest BCUT2D eigenvalue weighted by Crippen LogP contribution is -2.39. The van der Waals surface area contributed by atoms with Crippen molar-refractivity contribution in [2.24, 2.45) is 11.8 Å². The third kappa shape index (κ3) is 2.70. The summed E-state index contributed by atoms with van der Waals surface area (Å²) in [7, 11) is 2.09. The zero-order chi connectivity index (χ0) is 13.2. The lowest BCUT2D eigenvalue weighted by Gasteiger charge is -2.33. The van der Waals surface area contributed by atoms with Gasteiger partial charge in [-0.1, -0.05) is 37.3 Å². The van der Waals surface area contributed by atoms with E-state index >= 15 is 0 Å². The number of nitrogens with zero attached hydrogens (tertiary/aromatic N) is 1. The fraction of sp³-hybridized carbons (Fsp3) is 0.647. The van der Waals surface area contributed by atoms with Crippen molar-refractivity contribution < 1.29 is 0 Å². The van der Waals surface area contributed by atoms with Crippen LogP contribution < -0.4 is 5.32 Å². The topological polar surface area (TPSA) is 15.3 Å². The van der Waals surface area contributed by atoms with E-state index in [4.69, 9.17) is 0 Å². The Morgan fingerprint density at radius 1 is 1.26 bits per heavy atom. The quantitative estimate of drug-likeness (QED) is 0.873. The summed E-state index contributed by atoms with van der Waals surface area (Å²) >= 11 is 0. The summed E-state index contributed by atoms with van der Waals surface area (Å²) in [6, 6.07) is 12.2. The lowest BCUT2D eigenvalue weighted by molar-refractivity contribution is 0.171. The van der Waals surface area contributed by atoms with Crippen LogP contribution in [0.1, 0.15) is 37.8 Å². The predicted molar refractivity (Wildman–Crippen MR) is 80.1 cm³/mol. The van der Waals surface area contributed by atoms with Gasteiger partial charge in [-0.25, -0.2) is 0 Å². The van der Waals surface area contributed by atoms with Crippen molar-refractivity contribution in [3.8, 4) is 0 Å². The van der Waals surface area contributed by atoms with Crippen molar-refractivity contribution in [2.45, 2.75) is 38.3 Å². The maximum atomic E-state index is 3.51. The summed E-state index contributed by atoms with van der Waals surface area (Å²) < 4.78 is 0. The minimum absolute atomic E-state index is 0.473. The number of rotatable bonds is 5. The third-order valence-electron chi connectivity index (χ3n) is 5.08. The summed E-state index contributed by atoms with van der Waals surface area (Å²) in [4.78, 5) is 2.74. The zero-order valence-electron chi connectivity index (χ0n) is 12.2. The van der Waals surface area contributed by atoms with E-state index in [9.17, 15) is 0 Å². The maximum Gasteiger partial charge on any atom is 0.0355 e. The number of nitrogens with one attached hydrogen (secondary N) is 1. The molecule has 1 aliphatic heterocycles. The number of hydrogen-bond donors (Lipinski definition) is 1. The van der Waals surface area contributed by atoms with Crippen LogP contribution in [0.5, 0.6) is 0 Å². The Balaban J connectivity index is 1.64.